The molecule has 126 valence electrons. The number of benzene rings is 1. The molecule has 1 N–H and O–H groups in total. The Bertz CT molecular complexity index is 777. The molecule has 1 fully saturated rings. The first-order chi connectivity index (χ1) is 11.2. The largest absolute Gasteiger partial charge is 0.483 e. The molecule has 1 aliphatic heterocycles. The summed E-state index contributed by atoms with van der Waals surface area (Å²) in [7, 11) is 0. The van der Waals surface area contributed by atoms with Crippen molar-refractivity contribution in [1.82, 2.24) is 0 Å². The summed E-state index contributed by atoms with van der Waals surface area (Å²) in [5.74, 6) is 4.54. The summed E-state index contributed by atoms with van der Waals surface area (Å²) in [6.45, 7) is 3.38. The third-order valence-corrected chi connectivity index (χ3v) is 3.96. The lowest BCUT2D eigenvalue weighted by Crippen LogP contribution is -2.49. The Morgan fingerprint density at radius 1 is 1.38 bits per heavy atom. The van der Waals surface area contributed by atoms with Gasteiger partial charge in [0.15, 0.2) is 5.60 Å². The number of anilines is 1. The average Bonchev–Trinajstić information content (AvgIpc) is 3.24. The van der Waals surface area contributed by atoms with Gasteiger partial charge in [0.05, 0.1) is 11.9 Å². The molecule has 0 aromatic heterocycles. The molecule has 24 heavy (non-hydrogen) atoms. The number of alkyl halides is 3. The molecular weight excluding hydrogens is 347 g/mol. The maximum atomic E-state index is 13.9. The van der Waals surface area contributed by atoms with Gasteiger partial charge in [0.2, 0.25) is 0 Å². The number of hydrogen-bond acceptors (Lipinski definition) is 3. The highest BCUT2D eigenvalue weighted by Crippen LogP contribution is 2.48. The van der Waals surface area contributed by atoms with Crippen molar-refractivity contribution in [2.75, 3.05) is 5.32 Å². The van der Waals surface area contributed by atoms with Crippen molar-refractivity contribution < 1.29 is 27.4 Å². The molecule has 3 rings (SSSR count). The van der Waals surface area contributed by atoms with E-state index >= 15 is 0 Å². The number of rotatable bonds is 2. The van der Waals surface area contributed by atoms with Crippen LogP contribution in [0.5, 0.6) is 0 Å². The van der Waals surface area contributed by atoms with E-state index in [0.717, 1.165) is 12.3 Å². The summed E-state index contributed by atoms with van der Waals surface area (Å²) in [5, 5.41) is 2.28. The molecule has 1 heterocycles. The number of nitrogens with one attached hydrogen (secondary N) is 1. The third kappa shape index (κ3) is 2.67. The molecule has 1 aliphatic carbocycles. The van der Waals surface area contributed by atoms with E-state index < -0.39 is 23.5 Å². The first-order valence-electron chi connectivity index (χ1n) is 6.91. The third-order valence-electron chi connectivity index (χ3n) is 3.72. The molecule has 0 spiro atoms. The van der Waals surface area contributed by atoms with Gasteiger partial charge in [-0.1, -0.05) is 24.1 Å². The van der Waals surface area contributed by atoms with Crippen molar-refractivity contribution >= 4 is 23.4 Å². The van der Waals surface area contributed by atoms with Gasteiger partial charge in [-0.05, 0) is 24.1 Å². The van der Waals surface area contributed by atoms with E-state index in [1.54, 1.807) is 0 Å². The lowest BCUT2D eigenvalue weighted by Gasteiger charge is -2.35. The molecule has 1 amide bonds. The van der Waals surface area contributed by atoms with Gasteiger partial charge in [-0.3, -0.25) is 5.32 Å². The zero-order valence-corrected chi connectivity index (χ0v) is 12.9. The molecule has 0 radical (unpaired) electrons. The van der Waals surface area contributed by atoms with Gasteiger partial charge in [0.25, 0.3) is 5.60 Å². The molecule has 0 saturated heterocycles. The Kier molecular flexibility index (Phi) is 3.68. The highest BCUT2D eigenvalue weighted by atomic mass is 35.5. The molecule has 2 aliphatic rings. The minimum absolute atomic E-state index is 0.0586. The summed E-state index contributed by atoms with van der Waals surface area (Å²) in [6, 6.07) is 3.71. The van der Waals surface area contributed by atoms with Crippen molar-refractivity contribution in [3.63, 3.8) is 0 Å². The Labute approximate surface area is 140 Å². The van der Waals surface area contributed by atoms with Crippen LogP contribution in [0.25, 0.3) is 0 Å². The molecule has 0 unspecified atom stereocenters. The molecule has 4 nitrogen and oxygen atoms in total. The van der Waals surface area contributed by atoms with Gasteiger partial charge in [-0.2, -0.15) is 13.2 Å². The minimum Gasteiger partial charge on any atom is -0.483 e. The van der Waals surface area contributed by atoms with E-state index in [-0.39, 0.29) is 16.3 Å². The van der Waals surface area contributed by atoms with Crippen LogP contribution < -0.4 is 5.32 Å². The predicted molar refractivity (Wildman–Crippen MR) is 80.3 cm³/mol. The SMILES string of the molecule is C=COC1(C#C[C@]2(C(F)(F)F)OC(=O)Nc3ccc(Cl)cc32)CC1. The van der Waals surface area contributed by atoms with Crippen LogP contribution in [-0.4, -0.2) is 17.9 Å². The summed E-state index contributed by atoms with van der Waals surface area (Å²) < 4.78 is 51.4. The van der Waals surface area contributed by atoms with Gasteiger partial charge in [-0.25, -0.2) is 4.79 Å². The molecule has 1 aromatic carbocycles. The van der Waals surface area contributed by atoms with E-state index in [1.165, 1.54) is 12.1 Å². The highest BCUT2D eigenvalue weighted by Gasteiger charge is 2.62. The van der Waals surface area contributed by atoms with E-state index in [0.29, 0.717) is 12.8 Å². The van der Waals surface area contributed by atoms with Gasteiger partial charge < -0.3 is 9.47 Å². The van der Waals surface area contributed by atoms with E-state index in [1.807, 2.05) is 0 Å². The van der Waals surface area contributed by atoms with Crippen LogP contribution in [-0.2, 0) is 15.1 Å². The lowest BCUT2D eigenvalue weighted by atomic mass is 9.90. The molecule has 1 aromatic rings. The van der Waals surface area contributed by atoms with Gasteiger partial charge >= 0.3 is 12.3 Å². The van der Waals surface area contributed by atoms with Crippen molar-refractivity contribution in [2.24, 2.45) is 0 Å². The fourth-order valence-corrected chi connectivity index (χ4v) is 2.54. The van der Waals surface area contributed by atoms with Crippen LogP contribution in [0, 0.1) is 11.8 Å². The van der Waals surface area contributed by atoms with Gasteiger partial charge in [0, 0.05) is 23.4 Å². The predicted octanol–water partition coefficient (Wildman–Crippen LogP) is 4.36. The molecule has 1 atom stereocenters. The quantitative estimate of drug-likeness (QED) is 0.632. The maximum Gasteiger partial charge on any atom is 0.445 e. The van der Waals surface area contributed by atoms with Crippen LogP contribution in [0.3, 0.4) is 0 Å². The monoisotopic (exact) mass is 357 g/mol. The zero-order valence-electron chi connectivity index (χ0n) is 12.2. The average molecular weight is 358 g/mol. The summed E-state index contributed by atoms with van der Waals surface area (Å²) in [6.07, 6.45) is -4.16. The molecular formula is C16H11ClF3NO3. The second-order valence-electron chi connectivity index (χ2n) is 5.41. The van der Waals surface area contributed by atoms with Gasteiger partial charge in [-0.15, -0.1) is 0 Å². The van der Waals surface area contributed by atoms with Crippen molar-refractivity contribution in [3.05, 3.63) is 41.6 Å². The second-order valence-corrected chi connectivity index (χ2v) is 5.85. The van der Waals surface area contributed by atoms with E-state index in [4.69, 9.17) is 16.3 Å². The van der Waals surface area contributed by atoms with Crippen molar-refractivity contribution in [3.8, 4) is 11.8 Å². The molecule has 8 heteroatoms. The smallest absolute Gasteiger partial charge is 0.445 e. The van der Waals surface area contributed by atoms with Crippen LogP contribution >= 0.6 is 11.6 Å². The van der Waals surface area contributed by atoms with Crippen molar-refractivity contribution in [1.29, 1.82) is 0 Å². The maximum absolute atomic E-state index is 13.9. The first kappa shape index (κ1) is 16.5. The Morgan fingerprint density at radius 2 is 2.08 bits per heavy atom. The Balaban J connectivity index is 2.18. The first-order valence-corrected chi connectivity index (χ1v) is 7.29. The number of carbonyl (C=O) groups excluding carboxylic acids is 1. The molecule has 1 saturated carbocycles. The van der Waals surface area contributed by atoms with E-state index in [9.17, 15) is 18.0 Å². The van der Waals surface area contributed by atoms with Crippen LogP contribution in [0.15, 0.2) is 31.0 Å². The van der Waals surface area contributed by atoms with Crippen LogP contribution in [0.1, 0.15) is 18.4 Å². The summed E-state index contributed by atoms with van der Waals surface area (Å²) in [4.78, 5) is 11.7. The Morgan fingerprint density at radius 3 is 2.67 bits per heavy atom. The number of carbonyl (C=O) groups is 1. The van der Waals surface area contributed by atoms with Crippen molar-refractivity contribution in [2.45, 2.75) is 30.2 Å². The minimum atomic E-state index is -4.97. The second kappa shape index (κ2) is 5.35. The van der Waals surface area contributed by atoms with Crippen LogP contribution in [0.2, 0.25) is 5.02 Å². The number of amides is 1. The number of cyclic esters (lactones) is 1. The lowest BCUT2D eigenvalue weighted by molar-refractivity contribution is -0.239. The number of fused-ring (bicyclic) bond motifs is 1. The standard InChI is InChI=1S/C16H11ClF3NO3/c1-2-23-14(5-6-14)7-8-15(16(18,19)20)11-9-10(17)3-4-12(11)21-13(22)24-15/h2-4,9H,1,5-6H2,(H,21,22)/t15-/m0/s1. The fourth-order valence-electron chi connectivity index (χ4n) is 2.37. The summed E-state index contributed by atoms with van der Waals surface area (Å²) in [5.41, 5.74) is -4.56. The zero-order chi connectivity index (χ0) is 17.6. The van der Waals surface area contributed by atoms with E-state index in [2.05, 4.69) is 28.5 Å². The summed E-state index contributed by atoms with van der Waals surface area (Å²) >= 11 is 5.82. The van der Waals surface area contributed by atoms with Crippen LogP contribution in [0.4, 0.5) is 23.7 Å². The normalized spacial score (nSPS) is 23.8. The topological polar surface area (TPSA) is 47.6 Å². The van der Waals surface area contributed by atoms with Gasteiger partial charge in [0.1, 0.15) is 0 Å². The fraction of sp³-hybridized carbons (Fsp3) is 0.312. The number of ether oxygens (including phenoxy) is 2. The number of halogens is 4. The Hall–Kier alpha value is -2.33. The molecule has 0 bridgehead atoms. The highest BCUT2D eigenvalue weighted by molar-refractivity contribution is 6.30. The number of hydrogen-bond donors (Lipinski definition) is 1.